The SMILES string of the molecule is CC1CCC(CNc2ccc(Br)c(F)c2)CC1. The molecule has 0 aliphatic heterocycles. The Labute approximate surface area is 111 Å². The fourth-order valence-electron chi connectivity index (χ4n) is 2.40. The van der Waals surface area contributed by atoms with Gasteiger partial charge in [-0.1, -0.05) is 19.8 Å². The van der Waals surface area contributed by atoms with E-state index in [0.717, 1.165) is 24.1 Å². The van der Waals surface area contributed by atoms with Crippen LogP contribution >= 0.6 is 15.9 Å². The van der Waals surface area contributed by atoms with Crippen LogP contribution in [0.4, 0.5) is 10.1 Å². The van der Waals surface area contributed by atoms with Crippen LogP contribution in [0.2, 0.25) is 0 Å². The number of nitrogens with one attached hydrogen (secondary N) is 1. The van der Waals surface area contributed by atoms with Crippen LogP contribution in [-0.2, 0) is 0 Å². The number of benzene rings is 1. The number of hydrogen-bond acceptors (Lipinski definition) is 1. The molecule has 1 N–H and O–H groups in total. The van der Waals surface area contributed by atoms with E-state index in [-0.39, 0.29) is 5.82 Å². The second kappa shape index (κ2) is 5.85. The number of rotatable bonds is 3. The number of anilines is 1. The molecule has 2 rings (SSSR count). The Morgan fingerprint density at radius 2 is 2.00 bits per heavy atom. The highest BCUT2D eigenvalue weighted by atomic mass is 79.9. The van der Waals surface area contributed by atoms with Gasteiger partial charge in [0.25, 0.3) is 0 Å². The van der Waals surface area contributed by atoms with E-state index < -0.39 is 0 Å². The summed E-state index contributed by atoms with van der Waals surface area (Å²) < 4.78 is 13.8. The van der Waals surface area contributed by atoms with Crippen LogP contribution in [0.5, 0.6) is 0 Å². The summed E-state index contributed by atoms with van der Waals surface area (Å²) in [6, 6.07) is 5.22. The predicted molar refractivity (Wildman–Crippen MR) is 73.7 cm³/mol. The minimum atomic E-state index is -0.202. The second-order valence-corrected chi connectivity index (χ2v) is 5.99. The van der Waals surface area contributed by atoms with Gasteiger partial charge in [-0.25, -0.2) is 4.39 Å². The van der Waals surface area contributed by atoms with E-state index in [1.165, 1.54) is 25.7 Å². The molecule has 1 fully saturated rings. The summed E-state index contributed by atoms with van der Waals surface area (Å²) in [5.74, 6) is 1.43. The summed E-state index contributed by atoms with van der Waals surface area (Å²) in [4.78, 5) is 0. The van der Waals surface area contributed by atoms with Crippen molar-refractivity contribution in [2.45, 2.75) is 32.6 Å². The molecule has 0 heterocycles. The van der Waals surface area contributed by atoms with E-state index in [9.17, 15) is 4.39 Å². The first kappa shape index (κ1) is 12.9. The quantitative estimate of drug-likeness (QED) is 0.843. The van der Waals surface area contributed by atoms with Crippen molar-refractivity contribution in [3.8, 4) is 0 Å². The van der Waals surface area contributed by atoms with Crippen LogP contribution in [0, 0.1) is 17.7 Å². The third kappa shape index (κ3) is 3.70. The van der Waals surface area contributed by atoms with Crippen LogP contribution in [0.15, 0.2) is 22.7 Å². The van der Waals surface area contributed by atoms with Crippen LogP contribution in [0.1, 0.15) is 32.6 Å². The monoisotopic (exact) mass is 299 g/mol. The van der Waals surface area contributed by atoms with E-state index >= 15 is 0 Å². The lowest BCUT2D eigenvalue weighted by Gasteiger charge is -2.26. The van der Waals surface area contributed by atoms with E-state index in [1.807, 2.05) is 6.07 Å². The van der Waals surface area contributed by atoms with Gasteiger partial charge in [-0.15, -0.1) is 0 Å². The lowest BCUT2D eigenvalue weighted by atomic mass is 9.83. The molecule has 1 nitrogen and oxygen atoms in total. The molecule has 0 saturated heterocycles. The van der Waals surface area contributed by atoms with Crippen molar-refractivity contribution in [3.05, 3.63) is 28.5 Å². The third-order valence-electron chi connectivity index (χ3n) is 3.65. The minimum Gasteiger partial charge on any atom is -0.385 e. The first-order chi connectivity index (χ1) is 8.15. The van der Waals surface area contributed by atoms with Gasteiger partial charge in [0, 0.05) is 12.2 Å². The molecule has 0 aromatic heterocycles. The summed E-state index contributed by atoms with van der Waals surface area (Å²) in [6.07, 6.45) is 5.27. The Morgan fingerprint density at radius 3 is 2.65 bits per heavy atom. The maximum atomic E-state index is 13.3. The zero-order chi connectivity index (χ0) is 12.3. The average molecular weight is 300 g/mol. The van der Waals surface area contributed by atoms with E-state index in [1.54, 1.807) is 12.1 Å². The number of hydrogen-bond donors (Lipinski definition) is 1. The van der Waals surface area contributed by atoms with Gasteiger partial charge in [-0.2, -0.15) is 0 Å². The summed E-state index contributed by atoms with van der Waals surface area (Å²) in [6.45, 7) is 3.29. The molecular formula is C14H19BrFN. The largest absolute Gasteiger partial charge is 0.385 e. The summed E-state index contributed by atoms with van der Waals surface area (Å²) in [7, 11) is 0. The molecular weight excluding hydrogens is 281 g/mol. The first-order valence-electron chi connectivity index (χ1n) is 6.34. The molecule has 1 aromatic carbocycles. The standard InChI is InChI=1S/C14H19BrFN/c1-10-2-4-11(5-3-10)9-17-12-6-7-13(15)14(16)8-12/h6-8,10-11,17H,2-5,9H2,1H3. The molecule has 94 valence electrons. The summed E-state index contributed by atoms with van der Waals surface area (Å²) in [5.41, 5.74) is 0.879. The lowest BCUT2D eigenvalue weighted by Crippen LogP contribution is -2.20. The Hall–Kier alpha value is -0.570. The molecule has 0 spiro atoms. The highest BCUT2D eigenvalue weighted by Gasteiger charge is 2.17. The van der Waals surface area contributed by atoms with Gasteiger partial charge >= 0.3 is 0 Å². The van der Waals surface area contributed by atoms with Gasteiger partial charge in [0.1, 0.15) is 5.82 Å². The van der Waals surface area contributed by atoms with Gasteiger partial charge < -0.3 is 5.32 Å². The summed E-state index contributed by atoms with van der Waals surface area (Å²) in [5, 5.41) is 3.34. The topological polar surface area (TPSA) is 12.0 Å². The molecule has 1 aromatic rings. The smallest absolute Gasteiger partial charge is 0.139 e. The maximum absolute atomic E-state index is 13.3. The zero-order valence-electron chi connectivity index (χ0n) is 10.2. The fraction of sp³-hybridized carbons (Fsp3) is 0.571. The molecule has 17 heavy (non-hydrogen) atoms. The van der Waals surface area contributed by atoms with E-state index in [4.69, 9.17) is 0 Å². The fourth-order valence-corrected chi connectivity index (χ4v) is 2.65. The predicted octanol–water partition coefficient (Wildman–Crippen LogP) is 4.83. The Bertz CT molecular complexity index is 372. The highest BCUT2D eigenvalue weighted by Crippen LogP contribution is 2.28. The van der Waals surface area contributed by atoms with Crippen molar-refractivity contribution >= 4 is 21.6 Å². The van der Waals surface area contributed by atoms with Crippen molar-refractivity contribution in [2.24, 2.45) is 11.8 Å². The van der Waals surface area contributed by atoms with E-state index in [2.05, 4.69) is 28.2 Å². The van der Waals surface area contributed by atoms with E-state index in [0.29, 0.717) is 4.47 Å². The Kier molecular flexibility index (Phi) is 4.43. The van der Waals surface area contributed by atoms with Crippen LogP contribution < -0.4 is 5.32 Å². The summed E-state index contributed by atoms with van der Waals surface area (Å²) >= 11 is 3.16. The molecule has 0 bridgehead atoms. The minimum absolute atomic E-state index is 0.202. The van der Waals surface area contributed by atoms with Gasteiger partial charge in [0.05, 0.1) is 4.47 Å². The molecule has 0 amide bonds. The highest BCUT2D eigenvalue weighted by molar-refractivity contribution is 9.10. The van der Waals surface area contributed by atoms with Crippen LogP contribution in [0.3, 0.4) is 0 Å². The van der Waals surface area contributed by atoms with Crippen molar-refractivity contribution in [3.63, 3.8) is 0 Å². The number of halogens is 2. The van der Waals surface area contributed by atoms with Crippen molar-refractivity contribution in [1.82, 2.24) is 0 Å². The van der Waals surface area contributed by atoms with Crippen LogP contribution in [0.25, 0.3) is 0 Å². The third-order valence-corrected chi connectivity index (χ3v) is 4.29. The molecule has 0 radical (unpaired) electrons. The maximum Gasteiger partial charge on any atom is 0.139 e. The average Bonchev–Trinajstić information content (AvgIpc) is 2.33. The van der Waals surface area contributed by atoms with Crippen LogP contribution in [-0.4, -0.2) is 6.54 Å². The Morgan fingerprint density at radius 1 is 1.29 bits per heavy atom. The Balaban J connectivity index is 1.83. The van der Waals surface area contributed by atoms with Crippen molar-refractivity contribution in [1.29, 1.82) is 0 Å². The van der Waals surface area contributed by atoms with Gasteiger partial charge in [0.2, 0.25) is 0 Å². The normalized spacial score (nSPS) is 24.6. The van der Waals surface area contributed by atoms with Gasteiger partial charge in [0.15, 0.2) is 0 Å². The van der Waals surface area contributed by atoms with Gasteiger partial charge in [-0.3, -0.25) is 0 Å². The molecule has 3 heteroatoms. The van der Waals surface area contributed by atoms with Crippen molar-refractivity contribution < 1.29 is 4.39 Å². The molecule has 0 atom stereocenters. The second-order valence-electron chi connectivity index (χ2n) is 5.14. The molecule has 0 unspecified atom stereocenters. The lowest BCUT2D eigenvalue weighted by molar-refractivity contribution is 0.300. The molecule has 1 aliphatic carbocycles. The van der Waals surface area contributed by atoms with Crippen molar-refractivity contribution in [2.75, 3.05) is 11.9 Å². The zero-order valence-corrected chi connectivity index (χ0v) is 11.8. The first-order valence-corrected chi connectivity index (χ1v) is 7.13. The van der Waals surface area contributed by atoms with Gasteiger partial charge in [-0.05, 0) is 58.8 Å². The molecule has 1 saturated carbocycles. The molecule has 1 aliphatic rings.